The molecule has 0 aliphatic heterocycles. The second kappa shape index (κ2) is 13.6. The average Bonchev–Trinajstić information content (AvgIpc) is 3.32. The van der Waals surface area contributed by atoms with Gasteiger partial charge in [-0.2, -0.15) is 0 Å². The van der Waals surface area contributed by atoms with Gasteiger partial charge in [0.1, 0.15) is 11.3 Å². The van der Waals surface area contributed by atoms with Crippen LogP contribution in [0, 0.1) is 5.92 Å². The molecule has 1 heterocycles. The number of nitrogens with zero attached hydrogens (tertiary/aromatic N) is 2. The largest absolute Gasteiger partial charge is 1.00 e. The SMILES string of the molecule is CCN(CC)c1ccc2nc(-c3ccc4cc(OCCCCCC(C(=O)O)C(=O)O)ccc4c3)oc2c1.[Na+]. The van der Waals surface area contributed by atoms with E-state index in [1.807, 2.05) is 42.5 Å². The van der Waals surface area contributed by atoms with Crippen molar-refractivity contribution in [3.63, 3.8) is 0 Å². The van der Waals surface area contributed by atoms with E-state index in [0.29, 0.717) is 25.3 Å². The summed E-state index contributed by atoms with van der Waals surface area (Å²) in [5.41, 5.74) is 3.62. The molecule has 1 aromatic heterocycles. The first kappa shape index (κ1) is 29.5. The van der Waals surface area contributed by atoms with Gasteiger partial charge in [0.2, 0.25) is 5.89 Å². The molecule has 0 saturated heterocycles. The van der Waals surface area contributed by atoms with Crippen LogP contribution in [0.3, 0.4) is 0 Å². The van der Waals surface area contributed by atoms with Crippen LogP contribution in [0.5, 0.6) is 5.75 Å². The standard InChI is InChI=1S/C29H32N2O6.Na/c1-3-31(4-2)22-12-14-25-26(18-22)37-27(30-25)21-10-9-20-17-23(13-11-19(20)16-21)36-15-7-5-6-8-24(28(32)33)29(34)35;/h9-14,16-18,24H,3-8,15H2,1-2H3,(H,32,33)(H,34,35);/q;+1. The zero-order valence-electron chi connectivity index (χ0n) is 22.1. The molecule has 38 heavy (non-hydrogen) atoms. The molecule has 4 rings (SSSR count). The molecule has 0 radical (unpaired) electrons. The number of ether oxygens (including phenoxy) is 1. The zero-order chi connectivity index (χ0) is 26.4. The summed E-state index contributed by atoms with van der Waals surface area (Å²) in [7, 11) is 0. The van der Waals surface area contributed by atoms with Crippen LogP contribution in [0.25, 0.3) is 33.3 Å². The van der Waals surface area contributed by atoms with Gasteiger partial charge >= 0.3 is 41.5 Å². The second-order valence-corrected chi connectivity index (χ2v) is 8.99. The Bertz CT molecular complexity index is 1380. The van der Waals surface area contributed by atoms with Crippen molar-refractivity contribution in [1.29, 1.82) is 0 Å². The predicted octanol–water partition coefficient (Wildman–Crippen LogP) is 3.22. The first-order valence-corrected chi connectivity index (χ1v) is 12.7. The maximum atomic E-state index is 10.9. The Kier molecular flexibility index (Phi) is 10.6. The Hall–Kier alpha value is -3.07. The molecule has 0 spiro atoms. The maximum Gasteiger partial charge on any atom is 1.00 e. The van der Waals surface area contributed by atoms with Gasteiger partial charge in [-0.05, 0) is 73.9 Å². The molecule has 9 heteroatoms. The number of fused-ring (bicyclic) bond motifs is 2. The van der Waals surface area contributed by atoms with Crippen LogP contribution in [0.1, 0.15) is 39.5 Å². The molecule has 2 N–H and O–H groups in total. The van der Waals surface area contributed by atoms with Gasteiger partial charge < -0.3 is 24.3 Å². The van der Waals surface area contributed by atoms with Crippen molar-refractivity contribution in [2.45, 2.75) is 39.5 Å². The van der Waals surface area contributed by atoms with Gasteiger partial charge in [0, 0.05) is 30.4 Å². The van der Waals surface area contributed by atoms with E-state index in [9.17, 15) is 9.59 Å². The number of anilines is 1. The van der Waals surface area contributed by atoms with E-state index in [4.69, 9.17) is 19.4 Å². The topological polar surface area (TPSA) is 113 Å². The normalized spacial score (nSPS) is 11.0. The molecule has 4 aromatic rings. The van der Waals surface area contributed by atoms with Gasteiger partial charge in [-0.15, -0.1) is 0 Å². The minimum Gasteiger partial charge on any atom is -0.494 e. The van der Waals surface area contributed by atoms with Crippen molar-refractivity contribution in [2.24, 2.45) is 5.92 Å². The number of benzene rings is 3. The van der Waals surface area contributed by atoms with Crippen molar-refractivity contribution < 1.29 is 58.5 Å². The number of rotatable bonds is 13. The molecule has 0 atom stereocenters. The second-order valence-electron chi connectivity index (χ2n) is 8.99. The summed E-state index contributed by atoms with van der Waals surface area (Å²) in [6.45, 7) is 6.60. The summed E-state index contributed by atoms with van der Waals surface area (Å²) in [6, 6.07) is 18.1. The number of carboxylic acid groups (broad SMARTS) is 2. The molecule has 0 fully saturated rings. The summed E-state index contributed by atoms with van der Waals surface area (Å²) in [4.78, 5) is 28.8. The van der Waals surface area contributed by atoms with E-state index in [0.717, 1.165) is 58.4 Å². The number of hydrogen-bond donors (Lipinski definition) is 2. The van der Waals surface area contributed by atoms with E-state index >= 15 is 0 Å². The summed E-state index contributed by atoms with van der Waals surface area (Å²) < 4.78 is 12.0. The van der Waals surface area contributed by atoms with Crippen molar-refractivity contribution >= 4 is 39.5 Å². The Morgan fingerprint density at radius 2 is 1.63 bits per heavy atom. The van der Waals surface area contributed by atoms with E-state index in [2.05, 4.69) is 35.9 Å². The molecule has 0 bridgehead atoms. The summed E-state index contributed by atoms with van der Waals surface area (Å²) >= 11 is 0. The monoisotopic (exact) mass is 527 g/mol. The number of oxazole rings is 1. The summed E-state index contributed by atoms with van der Waals surface area (Å²) in [5, 5.41) is 19.9. The van der Waals surface area contributed by atoms with Gasteiger partial charge in [-0.3, -0.25) is 9.59 Å². The molecule has 0 aliphatic rings. The Labute approximate surface area is 243 Å². The third-order valence-corrected chi connectivity index (χ3v) is 6.56. The van der Waals surface area contributed by atoms with E-state index in [1.165, 1.54) is 0 Å². The molecule has 8 nitrogen and oxygen atoms in total. The van der Waals surface area contributed by atoms with Gasteiger partial charge in [-0.25, -0.2) is 4.98 Å². The predicted molar refractivity (Wildman–Crippen MR) is 143 cm³/mol. The quantitative estimate of drug-likeness (QED) is 0.155. The fourth-order valence-electron chi connectivity index (χ4n) is 4.44. The van der Waals surface area contributed by atoms with Crippen molar-refractivity contribution in [2.75, 3.05) is 24.6 Å². The zero-order valence-corrected chi connectivity index (χ0v) is 24.1. The van der Waals surface area contributed by atoms with Gasteiger partial charge in [0.15, 0.2) is 11.5 Å². The Morgan fingerprint density at radius 3 is 2.34 bits per heavy atom. The smallest absolute Gasteiger partial charge is 0.494 e. The van der Waals surface area contributed by atoms with Crippen LogP contribution in [-0.4, -0.2) is 46.8 Å². The molecule has 0 amide bonds. The van der Waals surface area contributed by atoms with Gasteiger partial charge in [-0.1, -0.05) is 25.0 Å². The molecular weight excluding hydrogens is 495 g/mol. The fraction of sp³-hybridized carbons (Fsp3) is 0.345. The Morgan fingerprint density at radius 1 is 0.921 bits per heavy atom. The van der Waals surface area contributed by atoms with Crippen LogP contribution in [0.4, 0.5) is 5.69 Å². The number of hydrogen-bond acceptors (Lipinski definition) is 6. The van der Waals surface area contributed by atoms with Crippen LogP contribution in [-0.2, 0) is 9.59 Å². The first-order chi connectivity index (χ1) is 17.9. The first-order valence-electron chi connectivity index (χ1n) is 12.7. The van der Waals surface area contributed by atoms with Gasteiger partial charge in [0.25, 0.3) is 0 Å². The third-order valence-electron chi connectivity index (χ3n) is 6.56. The molecule has 194 valence electrons. The summed E-state index contributed by atoms with van der Waals surface area (Å²) in [5.74, 6) is -2.58. The van der Waals surface area contributed by atoms with Crippen LogP contribution in [0.15, 0.2) is 59.0 Å². The van der Waals surface area contributed by atoms with E-state index in [1.54, 1.807) is 0 Å². The number of aromatic nitrogens is 1. The number of unbranched alkanes of at least 4 members (excludes halogenated alkanes) is 2. The molecule has 0 saturated carbocycles. The molecule has 0 unspecified atom stereocenters. The summed E-state index contributed by atoms with van der Waals surface area (Å²) in [6.07, 6.45) is 2.07. The van der Waals surface area contributed by atoms with Gasteiger partial charge in [0.05, 0.1) is 6.61 Å². The van der Waals surface area contributed by atoms with Crippen LogP contribution < -0.4 is 39.2 Å². The number of carbonyl (C=O) groups is 2. The number of carboxylic acids is 2. The van der Waals surface area contributed by atoms with Crippen LogP contribution in [0.2, 0.25) is 0 Å². The van der Waals surface area contributed by atoms with Crippen molar-refractivity contribution in [3.8, 4) is 17.2 Å². The van der Waals surface area contributed by atoms with E-state index < -0.39 is 17.9 Å². The Balaban J connectivity index is 0.00000400. The van der Waals surface area contributed by atoms with E-state index in [-0.39, 0.29) is 36.0 Å². The minimum atomic E-state index is -1.34. The van der Waals surface area contributed by atoms with Crippen molar-refractivity contribution in [1.82, 2.24) is 4.98 Å². The van der Waals surface area contributed by atoms with Crippen LogP contribution >= 0.6 is 0 Å². The van der Waals surface area contributed by atoms with Crippen molar-refractivity contribution in [3.05, 3.63) is 54.6 Å². The molecule has 3 aromatic carbocycles. The molecule has 0 aliphatic carbocycles. The number of aliphatic carboxylic acids is 2. The maximum absolute atomic E-state index is 10.9. The fourth-order valence-corrected chi connectivity index (χ4v) is 4.44. The average molecular weight is 528 g/mol. The molecular formula is C29H32N2NaO6+. The minimum absolute atomic E-state index is 0. The third kappa shape index (κ3) is 7.07.